The highest BCUT2D eigenvalue weighted by Crippen LogP contribution is 2.37. The predicted octanol–water partition coefficient (Wildman–Crippen LogP) is 7.35. The smallest absolute Gasteiger partial charge is 0.268 e. The fourth-order valence-corrected chi connectivity index (χ4v) is 4.06. The van der Waals surface area contributed by atoms with E-state index >= 15 is 0 Å². The summed E-state index contributed by atoms with van der Waals surface area (Å²) in [6.07, 6.45) is 0. The van der Waals surface area contributed by atoms with Crippen molar-refractivity contribution < 1.29 is 4.42 Å². The van der Waals surface area contributed by atoms with E-state index < -0.39 is 0 Å². The van der Waals surface area contributed by atoms with Crippen molar-refractivity contribution >= 4 is 34.8 Å². The van der Waals surface area contributed by atoms with E-state index in [1.165, 1.54) is 0 Å². The van der Waals surface area contributed by atoms with Crippen LogP contribution in [0.3, 0.4) is 0 Å². The first-order valence-corrected chi connectivity index (χ1v) is 12.1. The summed E-state index contributed by atoms with van der Waals surface area (Å²) in [7, 11) is 0. The first-order valence-electron chi connectivity index (χ1n) is 11.0. The molecule has 178 valence electrons. The average Bonchev–Trinajstić information content (AvgIpc) is 3.38. The first-order chi connectivity index (χ1) is 16.0. The summed E-state index contributed by atoms with van der Waals surface area (Å²) >= 11 is 19.0. The number of nitrogens with one attached hydrogen (secondary N) is 1. The molecular weight excluding hydrogens is 493 g/mol. The van der Waals surface area contributed by atoms with E-state index in [2.05, 4.69) is 29.4 Å². The van der Waals surface area contributed by atoms with Crippen LogP contribution in [0.2, 0.25) is 15.1 Å². The van der Waals surface area contributed by atoms with E-state index in [1.54, 1.807) is 16.8 Å². The van der Waals surface area contributed by atoms with Gasteiger partial charge in [-0.3, -0.25) is 0 Å². The second-order valence-electron chi connectivity index (χ2n) is 9.39. The molecule has 0 fully saturated rings. The summed E-state index contributed by atoms with van der Waals surface area (Å²) in [6, 6.07) is 13.2. The lowest BCUT2D eigenvalue weighted by atomic mass is 9.97. The molecule has 0 amide bonds. The third-order valence-corrected chi connectivity index (χ3v) is 5.99. The third kappa shape index (κ3) is 5.15. The van der Waals surface area contributed by atoms with Crippen LogP contribution < -0.4 is 5.32 Å². The van der Waals surface area contributed by atoms with Gasteiger partial charge in [0.15, 0.2) is 5.69 Å². The fourth-order valence-electron chi connectivity index (χ4n) is 3.45. The van der Waals surface area contributed by atoms with Gasteiger partial charge in [0.2, 0.25) is 5.89 Å². The molecular formula is C25H26Cl3N5O. The highest BCUT2D eigenvalue weighted by Gasteiger charge is 2.28. The molecule has 0 atom stereocenters. The third-order valence-electron chi connectivity index (χ3n) is 5.20. The fraction of sp³-hybridized carbons (Fsp3) is 0.320. The quantitative estimate of drug-likeness (QED) is 0.289. The summed E-state index contributed by atoms with van der Waals surface area (Å²) in [5.74, 6) is 0.891. The van der Waals surface area contributed by atoms with Gasteiger partial charge in [-0.15, -0.1) is 10.2 Å². The molecule has 0 aliphatic rings. The van der Waals surface area contributed by atoms with Crippen LogP contribution in [-0.4, -0.2) is 26.0 Å². The first kappa shape index (κ1) is 24.7. The number of benzene rings is 2. The van der Waals surface area contributed by atoms with Crippen molar-refractivity contribution in [3.8, 4) is 28.5 Å². The van der Waals surface area contributed by atoms with Crippen molar-refractivity contribution in [3.05, 3.63) is 69.0 Å². The van der Waals surface area contributed by atoms with Crippen LogP contribution in [0.25, 0.3) is 28.5 Å². The molecule has 0 bridgehead atoms. The highest BCUT2D eigenvalue weighted by atomic mass is 35.5. The molecule has 6 nitrogen and oxygen atoms in total. The summed E-state index contributed by atoms with van der Waals surface area (Å²) in [5, 5.41) is 18.7. The SMILES string of the molecule is CC(C)NCc1c(-c2nnc(C(C)(C)C)o2)nn(-c2ccc(Cl)cc2Cl)c1-c1ccc(Cl)cc1. The Bertz CT molecular complexity index is 1300. The molecule has 2 heterocycles. The molecule has 0 unspecified atom stereocenters. The Balaban J connectivity index is 2.00. The van der Waals surface area contributed by atoms with Crippen molar-refractivity contribution in [2.24, 2.45) is 0 Å². The van der Waals surface area contributed by atoms with Gasteiger partial charge in [0.05, 0.1) is 16.4 Å². The Kier molecular flexibility index (Phi) is 7.06. The maximum atomic E-state index is 6.61. The van der Waals surface area contributed by atoms with Crippen LogP contribution in [0.1, 0.15) is 46.1 Å². The van der Waals surface area contributed by atoms with Crippen LogP contribution in [0, 0.1) is 0 Å². The van der Waals surface area contributed by atoms with E-state index in [-0.39, 0.29) is 11.5 Å². The summed E-state index contributed by atoms with van der Waals surface area (Å²) in [4.78, 5) is 0. The van der Waals surface area contributed by atoms with E-state index in [1.807, 2.05) is 51.1 Å². The maximum Gasteiger partial charge on any atom is 0.268 e. The molecule has 9 heteroatoms. The minimum absolute atomic E-state index is 0.251. The average molecular weight is 519 g/mol. The molecule has 34 heavy (non-hydrogen) atoms. The van der Waals surface area contributed by atoms with Crippen LogP contribution >= 0.6 is 34.8 Å². The number of aromatic nitrogens is 4. The predicted molar refractivity (Wildman–Crippen MR) is 138 cm³/mol. The molecule has 0 radical (unpaired) electrons. The number of rotatable bonds is 6. The Morgan fingerprint density at radius 3 is 2.24 bits per heavy atom. The highest BCUT2D eigenvalue weighted by molar-refractivity contribution is 6.35. The van der Waals surface area contributed by atoms with Crippen molar-refractivity contribution in [1.29, 1.82) is 0 Å². The van der Waals surface area contributed by atoms with E-state index in [4.69, 9.17) is 44.3 Å². The molecule has 0 saturated heterocycles. The van der Waals surface area contributed by atoms with Crippen LogP contribution in [-0.2, 0) is 12.0 Å². The lowest BCUT2D eigenvalue weighted by Crippen LogP contribution is -2.22. The van der Waals surface area contributed by atoms with E-state index in [0.29, 0.717) is 44.8 Å². The molecule has 0 saturated carbocycles. The normalized spacial score (nSPS) is 12.0. The van der Waals surface area contributed by atoms with Crippen LogP contribution in [0.15, 0.2) is 46.9 Å². The van der Waals surface area contributed by atoms with Gasteiger partial charge in [-0.25, -0.2) is 4.68 Å². The zero-order valence-electron chi connectivity index (χ0n) is 19.7. The summed E-state index contributed by atoms with van der Waals surface area (Å²) in [5.41, 5.74) is 3.66. The van der Waals surface area contributed by atoms with Gasteiger partial charge in [0.1, 0.15) is 0 Å². The van der Waals surface area contributed by atoms with Crippen molar-refractivity contribution in [2.45, 2.75) is 52.6 Å². The standard InChI is InChI=1S/C25H26Cl3N5O/c1-14(2)29-13-18-21(23-30-31-24(34-23)25(3,4)5)32-33(20-11-10-17(27)12-19(20)28)22(18)15-6-8-16(26)9-7-15/h6-12,14,29H,13H2,1-5H3. The minimum Gasteiger partial charge on any atom is -0.419 e. The molecule has 4 aromatic rings. The monoisotopic (exact) mass is 517 g/mol. The number of hydrogen-bond donors (Lipinski definition) is 1. The lowest BCUT2D eigenvalue weighted by Gasteiger charge is -2.13. The summed E-state index contributed by atoms with van der Waals surface area (Å²) in [6.45, 7) is 10.8. The molecule has 2 aromatic carbocycles. The molecule has 4 rings (SSSR count). The van der Waals surface area contributed by atoms with Crippen LogP contribution in [0.4, 0.5) is 0 Å². The van der Waals surface area contributed by atoms with Gasteiger partial charge in [0, 0.05) is 39.2 Å². The zero-order chi connectivity index (χ0) is 24.6. The minimum atomic E-state index is -0.289. The van der Waals surface area contributed by atoms with Gasteiger partial charge in [0.25, 0.3) is 5.89 Å². The molecule has 0 aliphatic heterocycles. The second-order valence-corrected chi connectivity index (χ2v) is 10.7. The Hall–Kier alpha value is -2.38. The Labute approximate surface area is 214 Å². The van der Waals surface area contributed by atoms with Gasteiger partial charge < -0.3 is 9.73 Å². The lowest BCUT2D eigenvalue weighted by molar-refractivity contribution is 0.398. The van der Waals surface area contributed by atoms with Crippen molar-refractivity contribution in [1.82, 2.24) is 25.3 Å². The molecule has 0 spiro atoms. The Morgan fingerprint density at radius 2 is 1.65 bits per heavy atom. The number of hydrogen-bond acceptors (Lipinski definition) is 5. The molecule has 0 aliphatic carbocycles. The van der Waals surface area contributed by atoms with Crippen molar-refractivity contribution in [3.63, 3.8) is 0 Å². The van der Waals surface area contributed by atoms with Gasteiger partial charge in [-0.05, 0) is 30.3 Å². The second kappa shape index (κ2) is 9.70. The maximum absolute atomic E-state index is 6.61. The zero-order valence-corrected chi connectivity index (χ0v) is 21.9. The number of nitrogens with zero attached hydrogens (tertiary/aromatic N) is 4. The van der Waals surface area contributed by atoms with Gasteiger partial charge in [-0.1, -0.05) is 81.6 Å². The van der Waals surface area contributed by atoms with E-state index in [9.17, 15) is 0 Å². The largest absolute Gasteiger partial charge is 0.419 e. The van der Waals surface area contributed by atoms with Crippen LogP contribution in [0.5, 0.6) is 0 Å². The molecule has 2 aromatic heterocycles. The Morgan fingerprint density at radius 1 is 0.971 bits per heavy atom. The van der Waals surface area contributed by atoms with Gasteiger partial charge in [-0.2, -0.15) is 5.10 Å². The van der Waals surface area contributed by atoms with Gasteiger partial charge >= 0.3 is 0 Å². The summed E-state index contributed by atoms with van der Waals surface area (Å²) < 4.78 is 7.89. The topological polar surface area (TPSA) is 68.8 Å². The number of halogens is 3. The van der Waals surface area contributed by atoms with E-state index in [0.717, 1.165) is 16.8 Å². The molecule has 1 N–H and O–H groups in total. The van der Waals surface area contributed by atoms with Crippen molar-refractivity contribution in [2.75, 3.05) is 0 Å².